The summed E-state index contributed by atoms with van der Waals surface area (Å²) >= 11 is 1.83. The number of likely N-dealkylation sites (tertiary alicyclic amines) is 1. The quantitative estimate of drug-likeness (QED) is 0.853. The van der Waals surface area contributed by atoms with Gasteiger partial charge in [-0.3, -0.25) is 4.90 Å². The molecule has 1 unspecified atom stereocenters. The molecule has 0 aromatic carbocycles. The highest BCUT2D eigenvalue weighted by molar-refractivity contribution is 7.09. The smallest absolute Gasteiger partial charge is 0.0541 e. The van der Waals surface area contributed by atoms with Crippen LogP contribution in [0.1, 0.15) is 24.6 Å². The third-order valence-corrected chi connectivity index (χ3v) is 4.14. The highest BCUT2D eigenvalue weighted by atomic mass is 32.1. The van der Waals surface area contributed by atoms with Crippen LogP contribution in [0.15, 0.2) is 17.5 Å². The molecule has 3 heteroatoms. The fraction of sp³-hybridized carbons (Fsp3) is 0.667. The summed E-state index contributed by atoms with van der Waals surface area (Å²) in [5.74, 6) is 0.518. The van der Waals surface area contributed by atoms with Crippen molar-refractivity contribution in [2.45, 2.75) is 32.4 Å². The Hall–Kier alpha value is -0.380. The lowest BCUT2D eigenvalue weighted by atomic mass is 9.92. The molecular weight excluding hydrogens is 206 g/mol. The number of aliphatic hydroxyl groups is 1. The van der Waals surface area contributed by atoms with E-state index < -0.39 is 0 Å². The summed E-state index contributed by atoms with van der Waals surface area (Å²) in [6, 6.07) is 4.31. The predicted molar refractivity (Wildman–Crippen MR) is 64.0 cm³/mol. The fourth-order valence-electron chi connectivity index (χ4n) is 2.22. The topological polar surface area (TPSA) is 23.5 Å². The first kappa shape index (κ1) is 11.1. The van der Waals surface area contributed by atoms with Crippen molar-refractivity contribution in [3.63, 3.8) is 0 Å². The molecule has 15 heavy (non-hydrogen) atoms. The summed E-state index contributed by atoms with van der Waals surface area (Å²) in [5, 5.41) is 11.6. The first-order chi connectivity index (χ1) is 7.25. The van der Waals surface area contributed by atoms with Crippen LogP contribution in [0.25, 0.3) is 0 Å². The van der Waals surface area contributed by atoms with E-state index in [4.69, 9.17) is 0 Å². The van der Waals surface area contributed by atoms with Crippen molar-refractivity contribution in [2.24, 2.45) is 5.92 Å². The highest BCUT2D eigenvalue weighted by Crippen LogP contribution is 2.22. The number of rotatable bonds is 3. The Morgan fingerprint density at radius 3 is 2.80 bits per heavy atom. The second-order valence-electron chi connectivity index (χ2n) is 4.43. The zero-order valence-corrected chi connectivity index (χ0v) is 10.0. The molecule has 1 atom stereocenters. The molecule has 1 N–H and O–H groups in total. The summed E-state index contributed by atoms with van der Waals surface area (Å²) in [5.41, 5.74) is 0. The summed E-state index contributed by atoms with van der Waals surface area (Å²) in [4.78, 5) is 3.94. The van der Waals surface area contributed by atoms with Crippen LogP contribution in [-0.4, -0.2) is 29.2 Å². The molecule has 2 nitrogen and oxygen atoms in total. The molecule has 0 radical (unpaired) electrons. The van der Waals surface area contributed by atoms with Crippen LogP contribution in [0.3, 0.4) is 0 Å². The number of thiophene rings is 1. The van der Waals surface area contributed by atoms with Gasteiger partial charge >= 0.3 is 0 Å². The molecule has 1 aliphatic rings. The molecule has 1 aliphatic heterocycles. The van der Waals surface area contributed by atoms with Crippen molar-refractivity contribution in [1.82, 2.24) is 4.90 Å². The van der Waals surface area contributed by atoms with Crippen LogP contribution < -0.4 is 0 Å². The largest absolute Gasteiger partial charge is 0.393 e. The molecule has 2 heterocycles. The molecule has 0 bridgehead atoms. The van der Waals surface area contributed by atoms with E-state index in [1.54, 1.807) is 0 Å². The van der Waals surface area contributed by atoms with E-state index in [0.717, 1.165) is 32.5 Å². The van der Waals surface area contributed by atoms with Gasteiger partial charge in [0.2, 0.25) is 0 Å². The van der Waals surface area contributed by atoms with E-state index in [0.29, 0.717) is 5.92 Å². The molecule has 2 rings (SSSR count). The Kier molecular flexibility index (Phi) is 3.78. The van der Waals surface area contributed by atoms with E-state index in [1.165, 1.54) is 4.88 Å². The number of nitrogens with zero attached hydrogens (tertiary/aromatic N) is 1. The Bertz CT molecular complexity index is 276. The van der Waals surface area contributed by atoms with Gasteiger partial charge in [-0.1, -0.05) is 6.07 Å². The lowest BCUT2D eigenvalue weighted by Gasteiger charge is -2.32. The van der Waals surface area contributed by atoms with Gasteiger partial charge in [-0.25, -0.2) is 0 Å². The van der Waals surface area contributed by atoms with Crippen molar-refractivity contribution >= 4 is 11.3 Å². The van der Waals surface area contributed by atoms with Gasteiger partial charge in [-0.2, -0.15) is 0 Å². The molecule has 0 saturated carbocycles. The molecular formula is C12H19NOS. The van der Waals surface area contributed by atoms with Gasteiger partial charge in [0.25, 0.3) is 0 Å². The minimum Gasteiger partial charge on any atom is -0.393 e. The second-order valence-corrected chi connectivity index (χ2v) is 5.47. The average molecular weight is 225 g/mol. The molecule has 84 valence electrons. The Morgan fingerprint density at radius 1 is 1.53 bits per heavy atom. The van der Waals surface area contributed by atoms with Crippen LogP contribution in [-0.2, 0) is 6.54 Å². The maximum absolute atomic E-state index is 9.50. The SMILES string of the molecule is CC(O)C1CCN(Cc2cccs2)CC1. The number of piperidine rings is 1. The van der Waals surface area contributed by atoms with Gasteiger partial charge in [0.05, 0.1) is 6.10 Å². The first-order valence-electron chi connectivity index (χ1n) is 5.68. The summed E-state index contributed by atoms with van der Waals surface area (Å²) in [7, 11) is 0. The third kappa shape index (κ3) is 3.03. The van der Waals surface area contributed by atoms with Gasteiger partial charge < -0.3 is 5.11 Å². The lowest BCUT2D eigenvalue weighted by Crippen LogP contribution is -2.36. The van der Waals surface area contributed by atoms with Crippen molar-refractivity contribution in [3.8, 4) is 0 Å². The number of hydrogen-bond acceptors (Lipinski definition) is 3. The number of hydrogen-bond donors (Lipinski definition) is 1. The zero-order valence-electron chi connectivity index (χ0n) is 9.22. The maximum Gasteiger partial charge on any atom is 0.0541 e. The highest BCUT2D eigenvalue weighted by Gasteiger charge is 2.22. The average Bonchev–Trinajstić information content (AvgIpc) is 2.71. The van der Waals surface area contributed by atoms with Crippen LogP contribution >= 0.6 is 11.3 Å². The van der Waals surface area contributed by atoms with Crippen molar-refractivity contribution in [3.05, 3.63) is 22.4 Å². The third-order valence-electron chi connectivity index (χ3n) is 3.27. The lowest BCUT2D eigenvalue weighted by molar-refractivity contribution is 0.0698. The standard InChI is InChI=1S/C12H19NOS/c1-10(14)11-4-6-13(7-5-11)9-12-3-2-8-15-12/h2-3,8,10-11,14H,4-7,9H2,1H3. The Morgan fingerprint density at radius 2 is 2.27 bits per heavy atom. The Balaban J connectivity index is 1.79. The van der Waals surface area contributed by atoms with Crippen molar-refractivity contribution in [2.75, 3.05) is 13.1 Å². The van der Waals surface area contributed by atoms with Crippen LogP contribution in [0.5, 0.6) is 0 Å². The van der Waals surface area contributed by atoms with Gasteiger partial charge in [0, 0.05) is 11.4 Å². The summed E-state index contributed by atoms with van der Waals surface area (Å²) in [6.07, 6.45) is 2.15. The molecule has 1 fully saturated rings. The molecule has 0 aliphatic carbocycles. The maximum atomic E-state index is 9.50. The molecule has 0 spiro atoms. The van der Waals surface area contributed by atoms with Gasteiger partial charge in [0.15, 0.2) is 0 Å². The van der Waals surface area contributed by atoms with Crippen molar-refractivity contribution < 1.29 is 5.11 Å². The fourth-order valence-corrected chi connectivity index (χ4v) is 2.96. The molecule has 1 saturated heterocycles. The van der Waals surface area contributed by atoms with E-state index in [9.17, 15) is 5.11 Å². The molecule has 1 aromatic rings. The van der Waals surface area contributed by atoms with Crippen LogP contribution in [0.4, 0.5) is 0 Å². The Labute approximate surface area is 95.5 Å². The number of aliphatic hydroxyl groups excluding tert-OH is 1. The van der Waals surface area contributed by atoms with Crippen LogP contribution in [0, 0.1) is 5.92 Å². The molecule has 0 amide bonds. The van der Waals surface area contributed by atoms with Gasteiger partial charge in [-0.15, -0.1) is 11.3 Å². The summed E-state index contributed by atoms with van der Waals surface area (Å²) < 4.78 is 0. The van der Waals surface area contributed by atoms with E-state index in [2.05, 4.69) is 22.4 Å². The summed E-state index contributed by atoms with van der Waals surface area (Å²) in [6.45, 7) is 5.27. The minimum atomic E-state index is -0.131. The first-order valence-corrected chi connectivity index (χ1v) is 6.56. The minimum absolute atomic E-state index is 0.131. The van der Waals surface area contributed by atoms with E-state index >= 15 is 0 Å². The molecule has 1 aromatic heterocycles. The van der Waals surface area contributed by atoms with Crippen molar-refractivity contribution in [1.29, 1.82) is 0 Å². The zero-order chi connectivity index (χ0) is 10.7. The van der Waals surface area contributed by atoms with Crippen LogP contribution in [0.2, 0.25) is 0 Å². The monoisotopic (exact) mass is 225 g/mol. The predicted octanol–water partition coefficient (Wildman–Crippen LogP) is 2.34. The van der Waals surface area contributed by atoms with Gasteiger partial charge in [0.1, 0.15) is 0 Å². The second kappa shape index (κ2) is 5.10. The van der Waals surface area contributed by atoms with E-state index in [1.807, 2.05) is 18.3 Å². The van der Waals surface area contributed by atoms with Gasteiger partial charge in [-0.05, 0) is 50.2 Å². The van der Waals surface area contributed by atoms with E-state index in [-0.39, 0.29) is 6.10 Å². The normalized spacial score (nSPS) is 21.7.